The molecular formula is C12H7BrF3NO. The van der Waals surface area contributed by atoms with Gasteiger partial charge < -0.3 is 4.74 Å². The fraction of sp³-hybridized carbons (Fsp3) is 0.0833. The van der Waals surface area contributed by atoms with Crippen LogP contribution in [-0.4, -0.2) is 11.3 Å². The van der Waals surface area contributed by atoms with Crippen LogP contribution in [0.25, 0.3) is 11.1 Å². The van der Waals surface area contributed by atoms with E-state index in [1.54, 1.807) is 30.6 Å². The summed E-state index contributed by atoms with van der Waals surface area (Å²) in [6, 6.07) is 7.93. The fourth-order valence-electron chi connectivity index (χ4n) is 1.42. The highest BCUT2D eigenvalue weighted by atomic mass is 79.9. The smallest absolute Gasteiger partial charge is 0.405 e. The molecule has 0 spiro atoms. The second-order valence-electron chi connectivity index (χ2n) is 3.43. The lowest BCUT2D eigenvalue weighted by Gasteiger charge is -2.11. The van der Waals surface area contributed by atoms with E-state index in [4.69, 9.17) is 0 Å². The van der Waals surface area contributed by atoms with Crippen molar-refractivity contribution in [2.45, 2.75) is 6.36 Å². The third kappa shape index (κ3) is 3.22. The molecule has 1 aromatic heterocycles. The van der Waals surface area contributed by atoms with Gasteiger partial charge in [0.2, 0.25) is 0 Å². The van der Waals surface area contributed by atoms with Gasteiger partial charge >= 0.3 is 6.36 Å². The molecule has 1 aromatic carbocycles. The first-order valence-corrected chi connectivity index (χ1v) is 5.71. The monoisotopic (exact) mass is 317 g/mol. The van der Waals surface area contributed by atoms with Gasteiger partial charge in [-0.25, -0.2) is 0 Å². The topological polar surface area (TPSA) is 22.1 Å². The van der Waals surface area contributed by atoms with Gasteiger partial charge in [0.25, 0.3) is 0 Å². The Morgan fingerprint density at radius 1 is 1.11 bits per heavy atom. The Morgan fingerprint density at radius 2 is 1.89 bits per heavy atom. The summed E-state index contributed by atoms with van der Waals surface area (Å²) in [5.74, 6) is -0.268. The van der Waals surface area contributed by atoms with E-state index in [2.05, 4.69) is 25.7 Å². The third-order valence-electron chi connectivity index (χ3n) is 2.15. The first kappa shape index (κ1) is 12.9. The second-order valence-corrected chi connectivity index (χ2v) is 4.29. The molecule has 0 aliphatic rings. The molecule has 0 amide bonds. The summed E-state index contributed by atoms with van der Waals surface area (Å²) in [5, 5.41) is 0. The van der Waals surface area contributed by atoms with Gasteiger partial charge in [-0.15, -0.1) is 13.2 Å². The SMILES string of the molecule is FC(F)(F)Oc1ccc(-c2cccnc2)cc1Br. The van der Waals surface area contributed by atoms with Crippen molar-refractivity contribution in [3.05, 3.63) is 47.2 Å². The molecule has 0 bridgehead atoms. The summed E-state index contributed by atoms with van der Waals surface area (Å²) < 4.78 is 40.4. The molecule has 2 aromatic rings. The lowest BCUT2D eigenvalue weighted by molar-refractivity contribution is -0.274. The largest absolute Gasteiger partial charge is 0.573 e. The van der Waals surface area contributed by atoms with Crippen LogP contribution in [0.3, 0.4) is 0 Å². The van der Waals surface area contributed by atoms with Crippen LogP contribution in [0.15, 0.2) is 47.2 Å². The quantitative estimate of drug-likeness (QED) is 0.818. The number of benzene rings is 1. The molecule has 94 valence electrons. The lowest BCUT2D eigenvalue weighted by atomic mass is 10.1. The van der Waals surface area contributed by atoms with Crippen LogP contribution >= 0.6 is 15.9 Å². The van der Waals surface area contributed by atoms with Crippen molar-refractivity contribution in [1.29, 1.82) is 0 Å². The van der Waals surface area contributed by atoms with Crippen LogP contribution in [0.2, 0.25) is 0 Å². The number of halogens is 4. The summed E-state index contributed by atoms with van der Waals surface area (Å²) >= 11 is 3.05. The molecule has 2 rings (SSSR count). The van der Waals surface area contributed by atoms with Crippen LogP contribution in [0.5, 0.6) is 5.75 Å². The fourth-order valence-corrected chi connectivity index (χ4v) is 1.88. The zero-order valence-electron chi connectivity index (χ0n) is 8.91. The summed E-state index contributed by atoms with van der Waals surface area (Å²) in [5.41, 5.74) is 1.57. The van der Waals surface area contributed by atoms with Gasteiger partial charge in [-0.05, 0) is 39.7 Å². The Labute approximate surface area is 110 Å². The minimum atomic E-state index is -4.70. The molecule has 6 heteroatoms. The second kappa shape index (κ2) is 4.97. The highest BCUT2D eigenvalue weighted by molar-refractivity contribution is 9.10. The number of hydrogen-bond acceptors (Lipinski definition) is 2. The number of pyridine rings is 1. The van der Waals surface area contributed by atoms with E-state index < -0.39 is 6.36 Å². The van der Waals surface area contributed by atoms with Crippen molar-refractivity contribution >= 4 is 15.9 Å². The summed E-state index contributed by atoms with van der Waals surface area (Å²) in [4.78, 5) is 3.95. The molecule has 1 heterocycles. The summed E-state index contributed by atoms with van der Waals surface area (Å²) in [7, 11) is 0. The van der Waals surface area contributed by atoms with E-state index >= 15 is 0 Å². The van der Waals surface area contributed by atoms with Crippen molar-refractivity contribution in [2.75, 3.05) is 0 Å². The molecule has 0 atom stereocenters. The van der Waals surface area contributed by atoms with E-state index in [-0.39, 0.29) is 10.2 Å². The first-order chi connectivity index (χ1) is 8.46. The Bertz CT molecular complexity index is 543. The molecule has 0 saturated heterocycles. The van der Waals surface area contributed by atoms with E-state index in [1.165, 1.54) is 6.07 Å². The van der Waals surface area contributed by atoms with E-state index in [1.807, 2.05) is 6.07 Å². The van der Waals surface area contributed by atoms with Gasteiger partial charge in [0.1, 0.15) is 5.75 Å². The van der Waals surface area contributed by atoms with Crippen LogP contribution in [-0.2, 0) is 0 Å². The highest BCUT2D eigenvalue weighted by Gasteiger charge is 2.31. The Kier molecular flexibility index (Phi) is 3.56. The van der Waals surface area contributed by atoms with Gasteiger partial charge in [-0.2, -0.15) is 0 Å². The predicted octanol–water partition coefficient (Wildman–Crippen LogP) is 4.41. The molecule has 0 radical (unpaired) electrons. The van der Waals surface area contributed by atoms with E-state index in [0.717, 1.165) is 11.1 Å². The molecule has 0 N–H and O–H groups in total. The van der Waals surface area contributed by atoms with Crippen molar-refractivity contribution in [2.24, 2.45) is 0 Å². The van der Waals surface area contributed by atoms with Crippen LogP contribution in [0.4, 0.5) is 13.2 Å². The number of aromatic nitrogens is 1. The van der Waals surface area contributed by atoms with E-state index in [9.17, 15) is 13.2 Å². The van der Waals surface area contributed by atoms with Gasteiger partial charge in [0.05, 0.1) is 4.47 Å². The molecule has 18 heavy (non-hydrogen) atoms. The zero-order chi connectivity index (χ0) is 13.2. The van der Waals surface area contributed by atoms with Crippen molar-refractivity contribution in [3.8, 4) is 16.9 Å². The predicted molar refractivity (Wildman–Crippen MR) is 64.1 cm³/mol. The summed E-state index contributed by atoms with van der Waals surface area (Å²) in [6.07, 6.45) is -1.44. The molecule has 0 aliphatic carbocycles. The summed E-state index contributed by atoms with van der Waals surface area (Å²) in [6.45, 7) is 0. The highest BCUT2D eigenvalue weighted by Crippen LogP contribution is 2.33. The van der Waals surface area contributed by atoms with Gasteiger partial charge in [-0.1, -0.05) is 12.1 Å². The van der Waals surface area contributed by atoms with Crippen LogP contribution in [0.1, 0.15) is 0 Å². The standard InChI is InChI=1S/C12H7BrF3NO/c13-10-6-8(9-2-1-5-17-7-9)3-4-11(10)18-12(14,15)16/h1-7H. The lowest BCUT2D eigenvalue weighted by Crippen LogP contribution is -2.17. The van der Waals surface area contributed by atoms with Gasteiger partial charge in [-0.3, -0.25) is 4.98 Å². The van der Waals surface area contributed by atoms with Crippen LogP contribution in [0, 0.1) is 0 Å². The number of nitrogens with zero attached hydrogens (tertiary/aromatic N) is 1. The molecule has 0 saturated carbocycles. The van der Waals surface area contributed by atoms with Crippen molar-refractivity contribution in [3.63, 3.8) is 0 Å². The van der Waals surface area contributed by atoms with Crippen molar-refractivity contribution in [1.82, 2.24) is 4.98 Å². The Hall–Kier alpha value is -1.56. The molecular weight excluding hydrogens is 311 g/mol. The van der Waals surface area contributed by atoms with E-state index in [0.29, 0.717) is 0 Å². The zero-order valence-corrected chi connectivity index (χ0v) is 10.5. The maximum atomic E-state index is 12.1. The van der Waals surface area contributed by atoms with Crippen LogP contribution < -0.4 is 4.74 Å². The molecule has 2 nitrogen and oxygen atoms in total. The van der Waals surface area contributed by atoms with Gasteiger partial charge in [0, 0.05) is 18.0 Å². The average Bonchev–Trinajstić information content (AvgIpc) is 2.31. The first-order valence-electron chi connectivity index (χ1n) is 4.91. The molecule has 0 fully saturated rings. The normalized spacial score (nSPS) is 11.3. The minimum Gasteiger partial charge on any atom is -0.405 e. The van der Waals surface area contributed by atoms with Crippen molar-refractivity contribution < 1.29 is 17.9 Å². The molecule has 0 aliphatic heterocycles. The number of hydrogen-bond donors (Lipinski definition) is 0. The maximum Gasteiger partial charge on any atom is 0.573 e. The Morgan fingerprint density at radius 3 is 2.44 bits per heavy atom. The van der Waals surface area contributed by atoms with Gasteiger partial charge in [0.15, 0.2) is 0 Å². The maximum absolute atomic E-state index is 12.1. The minimum absolute atomic E-state index is 0.237. The number of ether oxygens (including phenoxy) is 1. The number of alkyl halides is 3. The average molecular weight is 318 g/mol. The Balaban J connectivity index is 2.31. The molecule has 0 unspecified atom stereocenters. The number of rotatable bonds is 2. The third-order valence-corrected chi connectivity index (χ3v) is 2.77.